The van der Waals surface area contributed by atoms with Crippen LogP contribution < -0.4 is 10.1 Å². The SMILES string of the molecule is O=C(COc1ccccc1Cl)NC(Cc1ccccc1)C1CC1. The second kappa shape index (κ2) is 7.51. The van der Waals surface area contributed by atoms with Crippen LogP contribution in [0, 0.1) is 5.92 Å². The van der Waals surface area contributed by atoms with Gasteiger partial charge < -0.3 is 10.1 Å². The van der Waals surface area contributed by atoms with Gasteiger partial charge in [0.15, 0.2) is 6.61 Å². The molecule has 0 saturated heterocycles. The highest BCUT2D eigenvalue weighted by atomic mass is 35.5. The Morgan fingerprint density at radius 2 is 1.83 bits per heavy atom. The number of halogens is 1. The molecule has 0 heterocycles. The lowest BCUT2D eigenvalue weighted by atomic mass is 10.0. The number of amides is 1. The van der Waals surface area contributed by atoms with Gasteiger partial charge in [-0.1, -0.05) is 54.1 Å². The molecule has 0 bridgehead atoms. The standard InChI is InChI=1S/C19H20ClNO2/c20-16-8-4-5-9-18(16)23-13-19(22)21-17(15-10-11-15)12-14-6-2-1-3-7-14/h1-9,15,17H,10-13H2,(H,21,22). The lowest BCUT2D eigenvalue weighted by molar-refractivity contribution is -0.123. The van der Waals surface area contributed by atoms with Crippen molar-refractivity contribution in [1.29, 1.82) is 0 Å². The molecule has 1 aliphatic rings. The van der Waals surface area contributed by atoms with E-state index in [-0.39, 0.29) is 18.6 Å². The minimum atomic E-state index is -0.0993. The minimum Gasteiger partial charge on any atom is -0.482 e. The summed E-state index contributed by atoms with van der Waals surface area (Å²) in [5, 5.41) is 3.63. The third kappa shape index (κ3) is 4.73. The molecular formula is C19H20ClNO2. The molecule has 4 heteroatoms. The van der Waals surface area contributed by atoms with E-state index in [9.17, 15) is 4.79 Å². The van der Waals surface area contributed by atoms with Gasteiger partial charge in [0.1, 0.15) is 5.75 Å². The Balaban J connectivity index is 1.53. The Labute approximate surface area is 141 Å². The Bertz CT molecular complexity index is 655. The Hall–Kier alpha value is -2.00. The van der Waals surface area contributed by atoms with E-state index in [1.165, 1.54) is 18.4 Å². The van der Waals surface area contributed by atoms with Gasteiger partial charge in [0, 0.05) is 6.04 Å². The molecule has 1 atom stereocenters. The van der Waals surface area contributed by atoms with Crippen LogP contribution in [-0.4, -0.2) is 18.6 Å². The molecule has 2 aromatic rings. The van der Waals surface area contributed by atoms with Gasteiger partial charge in [0.2, 0.25) is 0 Å². The largest absolute Gasteiger partial charge is 0.482 e. The van der Waals surface area contributed by atoms with Crippen LogP contribution >= 0.6 is 11.6 Å². The van der Waals surface area contributed by atoms with Crippen molar-refractivity contribution in [2.75, 3.05) is 6.61 Å². The number of nitrogens with one attached hydrogen (secondary N) is 1. The minimum absolute atomic E-state index is 0.0122. The number of carbonyl (C=O) groups excluding carboxylic acids is 1. The number of rotatable bonds is 7. The summed E-state index contributed by atoms with van der Waals surface area (Å²) >= 11 is 6.02. The lowest BCUT2D eigenvalue weighted by Gasteiger charge is -2.19. The predicted octanol–water partition coefficient (Wildman–Crippen LogP) is 3.86. The first-order valence-corrected chi connectivity index (χ1v) is 8.31. The molecule has 0 aliphatic heterocycles. The van der Waals surface area contributed by atoms with Crippen LogP contribution in [0.3, 0.4) is 0 Å². The van der Waals surface area contributed by atoms with Crippen LogP contribution in [0.5, 0.6) is 5.75 Å². The number of hydrogen-bond donors (Lipinski definition) is 1. The molecule has 0 aromatic heterocycles. The summed E-state index contributed by atoms with van der Waals surface area (Å²) in [6, 6.07) is 17.6. The van der Waals surface area contributed by atoms with Gasteiger partial charge in [0.05, 0.1) is 5.02 Å². The molecule has 1 unspecified atom stereocenters. The first kappa shape index (κ1) is 15.9. The van der Waals surface area contributed by atoms with E-state index in [1.54, 1.807) is 12.1 Å². The average Bonchev–Trinajstić information content (AvgIpc) is 3.39. The maximum absolute atomic E-state index is 12.2. The second-order valence-electron chi connectivity index (χ2n) is 5.92. The van der Waals surface area contributed by atoms with Crippen molar-refractivity contribution < 1.29 is 9.53 Å². The van der Waals surface area contributed by atoms with Crippen LogP contribution in [0.25, 0.3) is 0 Å². The molecule has 2 aromatic carbocycles. The molecule has 1 saturated carbocycles. The summed E-state index contributed by atoms with van der Waals surface area (Å²) in [5.74, 6) is 1.02. The average molecular weight is 330 g/mol. The highest BCUT2D eigenvalue weighted by Gasteiger charge is 2.32. The summed E-state index contributed by atoms with van der Waals surface area (Å²) < 4.78 is 5.51. The van der Waals surface area contributed by atoms with E-state index in [1.807, 2.05) is 30.3 Å². The zero-order valence-corrected chi connectivity index (χ0v) is 13.6. The summed E-state index contributed by atoms with van der Waals surface area (Å²) in [6.07, 6.45) is 3.23. The molecule has 1 N–H and O–H groups in total. The van der Waals surface area contributed by atoms with Gasteiger partial charge >= 0.3 is 0 Å². The fraction of sp³-hybridized carbons (Fsp3) is 0.316. The number of benzene rings is 2. The van der Waals surface area contributed by atoms with Crippen LogP contribution in [0.4, 0.5) is 0 Å². The molecule has 1 fully saturated rings. The maximum atomic E-state index is 12.2. The van der Waals surface area contributed by atoms with Crippen LogP contribution in [0.2, 0.25) is 5.02 Å². The van der Waals surface area contributed by atoms with Gasteiger partial charge in [-0.2, -0.15) is 0 Å². The fourth-order valence-electron chi connectivity index (χ4n) is 2.66. The van der Waals surface area contributed by atoms with Gasteiger partial charge in [-0.3, -0.25) is 4.79 Å². The quantitative estimate of drug-likeness (QED) is 0.837. The third-order valence-electron chi connectivity index (χ3n) is 4.03. The lowest BCUT2D eigenvalue weighted by Crippen LogP contribution is -2.40. The van der Waals surface area contributed by atoms with Crippen LogP contribution in [0.15, 0.2) is 54.6 Å². The topological polar surface area (TPSA) is 38.3 Å². The molecule has 3 rings (SSSR count). The predicted molar refractivity (Wildman–Crippen MR) is 91.7 cm³/mol. The normalized spacial score (nSPS) is 15.0. The number of hydrogen-bond acceptors (Lipinski definition) is 2. The highest BCUT2D eigenvalue weighted by Crippen LogP contribution is 2.34. The van der Waals surface area contributed by atoms with Crippen molar-refractivity contribution >= 4 is 17.5 Å². The summed E-state index contributed by atoms with van der Waals surface area (Å²) in [6.45, 7) is -0.0122. The first-order valence-electron chi connectivity index (χ1n) is 7.93. The summed E-state index contributed by atoms with van der Waals surface area (Å²) in [4.78, 5) is 12.2. The molecule has 1 aliphatic carbocycles. The van der Waals surface area contributed by atoms with Gasteiger partial charge in [-0.25, -0.2) is 0 Å². The molecule has 120 valence electrons. The van der Waals surface area contributed by atoms with E-state index in [2.05, 4.69) is 17.4 Å². The zero-order chi connectivity index (χ0) is 16.1. The summed E-state index contributed by atoms with van der Waals surface area (Å²) in [7, 11) is 0. The third-order valence-corrected chi connectivity index (χ3v) is 4.34. The van der Waals surface area contributed by atoms with Crippen molar-refractivity contribution in [2.24, 2.45) is 5.92 Å². The van der Waals surface area contributed by atoms with Gasteiger partial charge in [0.25, 0.3) is 5.91 Å². The first-order chi connectivity index (χ1) is 11.2. The van der Waals surface area contributed by atoms with Crippen LogP contribution in [-0.2, 0) is 11.2 Å². The van der Waals surface area contributed by atoms with Crippen molar-refractivity contribution in [2.45, 2.75) is 25.3 Å². The number of carbonyl (C=O) groups is 1. The smallest absolute Gasteiger partial charge is 0.258 e. The Morgan fingerprint density at radius 3 is 2.52 bits per heavy atom. The fourth-order valence-corrected chi connectivity index (χ4v) is 2.85. The van der Waals surface area contributed by atoms with E-state index in [0.717, 1.165) is 6.42 Å². The molecule has 23 heavy (non-hydrogen) atoms. The van der Waals surface area contributed by atoms with Gasteiger partial charge in [-0.15, -0.1) is 0 Å². The highest BCUT2D eigenvalue weighted by molar-refractivity contribution is 6.32. The van der Waals surface area contributed by atoms with Gasteiger partial charge in [-0.05, 0) is 42.9 Å². The van der Waals surface area contributed by atoms with E-state index < -0.39 is 0 Å². The Kier molecular flexibility index (Phi) is 5.19. The Morgan fingerprint density at radius 1 is 1.13 bits per heavy atom. The molecule has 0 spiro atoms. The van der Waals surface area contributed by atoms with E-state index >= 15 is 0 Å². The van der Waals surface area contributed by atoms with Crippen molar-refractivity contribution in [3.8, 4) is 5.75 Å². The van der Waals surface area contributed by atoms with Crippen LogP contribution in [0.1, 0.15) is 18.4 Å². The number of para-hydroxylation sites is 1. The van der Waals surface area contributed by atoms with E-state index in [4.69, 9.17) is 16.3 Å². The molecule has 1 amide bonds. The summed E-state index contributed by atoms with van der Waals surface area (Å²) in [5.41, 5.74) is 1.25. The van der Waals surface area contributed by atoms with Crippen molar-refractivity contribution in [3.05, 3.63) is 65.2 Å². The molecule has 3 nitrogen and oxygen atoms in total. The van der Waals surface area contributed by atoms with Crippen molar-refractivity contribution in [3.63, 3.8) is 0 Å². The monoisotopic (exact) mass is 329 g/mol. The second-order valence-corrected chi connectivity index (χ2v) is 6.33. The van der Waals surface area contributed by atoms with Crippen molar-refractivity contribution in [1.82, 2.24) is 5.32 Å². The number of ether oxygens (including phenoxy) is 1. The molecule has 0 radical (unpaired) electrons. The molecular weight excluding hydrogens is 310 g/mol. The maximum Gasteiger partial charge on any atom is 0.258 e. The van der Waals surface area contributed by atoms with E-state index in [0.29, 0.717) is 16.7 Å². The zero-order valence-electron chi connectivity index (χ0n) is 12.9.